The van der Waals surface area contributed by atoms with E-state index < -0.39 is 27.5 Å². The van der Waals surface area contributed by atoms with E-state index in [0.29, 0.717) is 28.7 Å². The van der Waals surface area contributed by atoms with Crippen LogP contribution in [0.2, 0.25) is 0 Å². The molecule has 0 aliphatic heterocycles. The molecule has 2 atom stereocenters. The maximum absolute atomic E-state index is 14.0. The number of hydrogen-bond acceptors (Lipinski definition) is 5. The Balaban J connectivity index is 1.41. The standard InChI is InChI=1S/C32H30O6S/c1-18-27(38-30(35)31-13-19-11-20(14-31)16-32(36,15-19)17-31)24(37-2)12-23(29(33)34)28(18)39-25-9-5-3-7-21(25)22-8-4-6-10-26(22)39/h3-10,12,19-20,36H,11,13-17H2,1-2H3/p+1. The van der Waals surface area contributed by atoms with Crippen LogP contribution in [-0.4, -0.2) is 34.9 Å². The molecular weight excluding hydrogens is 512 g/mol. The molecule has 1 heterocycles. The summed E-state index contributed by atoms with van der Waals surface area (Å²) in [5.74, 6) is -0.202. The third kappa shape index (κ3) is 3.63. The molecule has 4 aliphatic carbocycles. The lowest BCUT2D eigenvalue weighted by atomic mass is 9.48. The fourth-order valence-corrected chi connectivity index (χ4v) is 10.8. The minimum Gasteiger partial charge on any atom is -0.493 e. The Kier molecular flexibility index (Phi) is 5.39. The average molecular weight is 544 g/mol. The summed E-state index contributed by atoms with van der Waals surface area (Å²) in [4.78, 5) is 27.2. The Morgan fingerprint density at radius 3 is 2.08 bits per heavy atom. The molecule has 200 valence electrons. The van der Waals surface area contributed by atoms with Crippen molar-refractivity contribution in [3.63, 3.8) is 0 Å². The third-order valence-electron chi connectivity index (χ3n) is 9.24. The second kappa shape index (κ2) is 8.54. The fourth-order valence-electron chi connectivity index (χ4n) is 8.18. The van der Waals surface area contributed by atoms with Crippen LogP contribution in [0.3, 0.4) is 0 Å². The molecule has 39 heavy (non-hydrogen) atoms. The number of carboxylic acid groups (broad SMARTS) is 1. The van der Waals surface area contributed by atoms with E-state index in [-0.39, 0.29) is 23.0 Å². The van der Waals surface area contributed by atoms with Gasteiger partial charge in [0, 0.05) is 27.3 Å². The summed E-state index contributed by atoms with van der Waals surface area (Å²) < 4.78 is 14.0. The molecule has 2 N–H and O–H groups in total. The molecule has 7 heteroatoms. The van der Waals surface area contributed by atoms with Gasteiger partial charge in [0.15, 0.2) is 20.9 Å². The zero-order chi connectivity index (χ0) is 27.1. The number of aromatic carboxylic acids is 1. The number of ether oxygens (including phenoxy) is 2. The van der Waals surface area contributed by atoms with E-state index in [2.05, 4.69) is 24.3 Å². The van der Waals surface area contributed by atoms with E-state index in [0.717, 1.165) is 52.3 Å². The quantitative estimate of drug-likeness (QED) is 0.160. The normalized spacial score (nSPS) is 27.3. The van der Waals surface area contributed by atoms with Crippen LogP contribution in [0.4, 0.5) is 0 Å². The SMILES string of the molecule is COc1cc(C(=O)O)c(-[s+]2c3ccccc3c3ccccc32)c(C)c1OC(=O)C12CC3CC(CC(O)(C3)C1)C2. The van der Waals surface area contributed by atoms with Crippen molar-refractivity contribution in [3.8, 4) is 16.4 Å². The predicted octanol–water partition coefficient (Wildman–Crippen LogP) is 6.98. The summed E-state index contributed by atoms with van der Waals surface area (Å²) in [7, 11) is 0.761. The first-order valence-electron chi connectivity index (χ1n) is 13.5. The minimum absolute atomic E-state index is 0.142. The molecular formula is C32H31O6S+. The first-order valence-corrected chi connectivity index (χ1v) is 14.8. The summed E-state index contributed by atoms with van der Waals surface area (Å²) in [6.45, 7) is 1.83. The van der Waals surface area contributed by atoms with Gasteiger partial charge in [0.1, 0.15) is 5.56 Å². The molecule has 6 nitrogen and oxygen atoms in total. The molecule has 4 saturated carbocycles. The lowest BCUT2D eigenvalue weighted by Crippen LogP contribution is -2.59. The first-order chi connectivity index (χ1) is 18.7. The maximum Gasteiger partial charge on any atom is 0.341 e. The molecule has 4 aromatic rings. The van der Waals surface area contributed by atoms with Crippen LogP contribution in [0.5, 0.6) is 11.5 Å². The van der Waals surface area contributed by atoms with Crippen molar-refractivity contribution in [2.75, 3.05) is 7.11 Å². The third-order valence-corrected chi connectivity index (χ3v) is 11.8. The van der Waals surface area contributed by atoms with Gasteiger partial charge in [-0.1, -0.05) is 24.3 Å². The Hall–Kier alpha value is -3.42. The molecule has 8 rings (SSSR count). The van der Waals surface area contributed by atoms with Crippen LogP contribution in [0, 0.1) is 24.2 Å². The van der Waals surface area contributed by atoms with E-state index in [4.69, 9.17) is 9.47 Å². The monoisotopic (exact) mass is 543 g/mol. The highest BCUT2D eigenvalue weighted by molar-refractivity contribution is 7.50. The van der Waals surface area contributed by atoms with Gasteiger partial charge in [0.05, 0.1) is 23.7 Å². The Morgan fingerprint density at radius 1 is 0.949 bits per heavy atom. The van der Waals surface area contributed by atoms with Crippen molar-refractivity contribution in [1.29, 1.82) is 0 Å². The van der Waals surface area contributed by atoms with Gasteiger partial charge >= 0.3 is 11.9 Å². The summed E-state index contributed by atoms with van der Waals surface area (Å²) in [5, 5.41) is 23.7. The number of carbonyl (C=O) groups excluding carboxylic acids is 1. The second-order valence-electron chi connectivity index (χ2n) is 11.9. The summed E-state index contributed by atoms with van der Waals surface area (Å²) in [6.07, 6.45) is 4.49. The van der Waals surface area contributed by atoms with Crippen LogP contribution in [0.1, 0.15) is 54.4 Å². The van der Waals surface area contributed by atoms with Crippen LogP contribution in [0.25, 0.3) is 25.1 Å². The number of carbonyl (C=O) groups is 2. The van der Waals surface area contributed by atoms with Gasteiger partial charge < -0.3 is 19.7 Å². The lowest BCUT2D eigenvalue weighted by molar-refractivity contribution is -0.189. The van der Waals surface area contributed by atoms with Crippen molar-refractivity contribution in [2.24, 2.45) is 17.3 Å². The van der Waals surface area contributed by atoms with Gasteiger partial charge in [0.25, 0.3) is 0 Å². The number of methoxy groups -OCH3 is 1. The summed E-state index contributed by atoms with van der Waals surface area (Å²) in [5.41, 5.74) is -0.767. The number of thiophene rings is 1. The molecule has 4 bridgehead atoms. The van der Waals surface area contributed by atoms with Crippen LogP contribution >= 0.6 is 10.5 Å². The Bertz CT molecular complexity index is 1620. The van der Waals surface area contributed by atoms with Gasteiger partial charge in [-0.05, 0) is 81.5 Å². The number of carboxylic acids is 1. The largest absolute Gasteiger partial charge is 0.493 e. The van der Waals surface area contributed by atoms with E-state index in [1.54, 1.807) is 0 Å². The van der Waals surface area contributed by atoms with Gasteiger partial charge in [0.2, 0.25) is 4.90 Å². The van der Waals surface area contributed by atoms with E-state index in [1.807, 2.05) is 31.2 Å². The molecule has 3 aromatic carbocycles. The molecule has 0 radical (unpaired) electrons. The smallest absolute Gasteiger partial charge is 0.341 e. The molecule has 0 saturated heterocycles. The van der Waals surface area contributed by atoms with Crippen molar-refractivity contribution in [2.45, 2.75) is 51.0 Å². The molecule has 2 unspecified atom stereocenters. The first kappa shape index (κ1) is 24.6. The highest BCUT2D eigenvalue weighted by Crippen LogP contribution is 2.62. The number of fused-ring (bicyclic) bond motifs is 3. The maximum atomic E-state index is 14.0. The topological polar surface area (TPSA) is 93.1 Å². The van der Waals surface area contributed by atoms with Crippen molar-refractivity contribution in [3.05, 3.63) is 65.7 Å². The van der Waals surface area contributed by atoms with Crippen molar-refractivity contribution < 1.29 is 29.3 Å². The highest BCUT2D eigenvalue weighted by atomic mass is 32.2. The highest BCUT2D eigenvalue weighted by Gasteiger charge is 2.61. The van der Waals surface area contributed by atoms with E-state index in [9.17, 15) is 19.8 Å². The summed E-state index contributed by atoms with van der Waals surface area (Å²) in [6, 6.07) is 17.7. The van der Waals surface area contributed by atoms with E-state index in [1.165, 1.54) is 13.2 Å². The van der Waals surface area contributed by atoms with Crippen molar-refractivity contribution in [1.82, 2.24) is 0 Å². The van der Waals surface area contributed by atoms with Gasteiger partial charge in [-0.15, -0.1) is 0 Å². The molecule has 0 amide bonds. The predicted molar refractivity (Wildman–Crippen MR) is 151 cm³/mol. The van der Waals surface area contributed by atoms with Crippen LogP contribution in [-0.2, 0) is 4.79 Å². The number of esters is 1. The van der Waals surface area contributed by atoms with Crippen molar-refractivity contribution >= 4 is 42.6 Å². The number of benzene rings is 3. The zero-order valence-electron chi connectivity index (χ0n) is 22.0. The molecule has 1 aromatic heterocycles. The molecule has 4 aliphatic rings. The number of hydrogen-bond donors (Lipinski definition) is 2. The Labute approximate surface area is 229 Å². The molecule has 0 spiro atoms. The van der Waals surface area contributed by atoms with E-state index >= 15 is 0 Å². The fraction of sp³-hybridized carbons (Fsp3) is 0.375. The Morgan fingerprint density at radius 2 is 1.54 bits per heavy atom. The minimum atomic E-state index is -1.05. The second-order valence-corrected chi connectivity index (χ2v) is 13.8. The van der Waals surface area contributed by atoms with Gasteiger partial charge in [-0.3, -0.25) is 4.79 Å². The number of rotatable bonds is 5. The molecule has 4 fully saturated rings. The van der Waals surface area contributed by atoms with Crippen LogP contribution < -0.4 is 9.47 Å². The summed E-state index contributed by atoms with van der Waals surface area (Å²) >= 11 is 0. The van der Waals surface area contributed by atoms with Gasteiger partial charge in [-0.25, -0.2) is 4.79 Å². The van der Waals surface area contributed by atoms with Crippen LogP contribution in [0.15, 0.2) is 54.6 Å². The lowest BCUT2D eigenvalue weighted by Gasteiger charge is -2.58. The average Bonchev–Trinajstić information content (AvgIpc) is 3.22. The van der Waals surface area contributed by atoms with Gasteiger partial charge in [-0.2, -0.15) is 0 Å². The zero-order valence-corrected chi connectivity index (χ0v) is 22.8. The number of aliphatic hydroxyl groups is 1.